The molecular weight excluding hydrogens is 236 g/mol. The minimum absolute atomic E-state index is 0.382. The molecule has 3 unspecified atom stereocenters. The summed E-state index contributed by atoms with van der Waals surface area (Å²) in [4.78, 5) is 2.53. The zero-order chi connectivity index (χ0) is 13.7. The van der Waals surface area contributed by atoms with Gasteiger partial charge >= 0.3 is 0 Å². The molecule has 106 valence electrons. The summed E-state index contributed by atoms with van der Waals surface area (Å²) >= 11 is 0. The van der Waals surface area contributed by atoms with Crippen LogP contribution in [0.3, 0.4) is 0 Å². The highest BCUT2D eigenvalue weighted by Gasteiger charge is 2.28. The summed E-state index contributed by atoms with van der Waals surface area (Å²) in [7, 11) is 1.83. The van der Waals surface area contributed by atoms with E-state index in [4.69, 9.17) is 4.74 Å². The maximum atomic E-state index is 5.58. The molecule has 19 heavy (non-hydrogen) atoms. The van der Waals surface area contributed by atoms with Gasteiger partial charge in [-0.15, -0.1) is 0 Å². The fourth-order valence-electron chi connectivity index (χ4n) is 2.72. The third-order valence-electron chi connectivity index (χ3n) is 4.22. The van der Waals surface area contributed by atoms with Crippen LogP contribution in [0, 0.1) is 5.92 Å². The smallest absolute Gasteiger partial charge is 0.0724 e. The van der Waals surface area contributed by atoms with E-state index in [1.165, 1.54) is 18.7 Å². The second kappa shape index (κ2) is 6.92. The third-order valence-corrected chi connectivity index (χ3v) is 4.22. The van der Waals surface area contributed by atoms with Crippen molar-refractivity contribution in [1.82, 2.24) is 4.90 Å². The number of methoxy groups -OCH3 is 1. The molecule has 0 aromatic heterocycles. The quantitative estimate of drug-likeness (QED) is 0.883. The minimum atomic E-state index is 0.382. The summed E-state index contributed by atoms with van der Waals surface area (Å²) in [5.41, 5.74) is 1.20. The second-order valence-corrected chi connectivity index (χ2v) is 5.63. The van der Waals surface area contributed by atoms with E-state index in [9.17, 15) is 0 Å². The number of anilines is 1. The molecule has 0 aliphatic carbocycles. The van der Waals surface area contributed by atoms with Crippen LogP contribution in [0.2, 0.25) is 0 Å². The molecule has 1 N–H and O–H groups in total. The number of para-hydroxylation sites is 1. The molecule has 3 heteroatoms. The van der Waals surface area contributed by atoms with Crippen molar-refractivity contribution >= 4 is 5.69 Å². The van der Waals surface area contributed by atoms with Gasteiger partial charge in [-0.1, -0.05) is 25.1 Å². The van der Waals surface area contributed by atoms with Gasteiger partial charge in [-0.25, -0.2) is 0 Å². The van der Waals surface area contributed by atoms with E-state index in [-0.39, 0.29) is 0 Å². The monoisotopic (exact) mass is 262 g/mol. The van der Waals surface area contributed by atoms with E-state index in [0.29, 0.717) is 18.1 Å². The highest BCUT2D eigenvalue weighted by atomic mass is 16.5. The zero-order valence-corrected chi connectivity index (χ0v) is 12.3. The molecule has 1 aromatic rings. The number of nitrogens with one attached hydrogen (secondary N) is 1. The van der Waals surface area contributed by atoms with Crippen LogP contribution in [-0.2, 0) is 4.74 Å². The number of benzene rings is 1. The number of rotatable bonds is 5. The summed E-state index contributed by atoms with van der Waals surface area (Å²) in [6, 6.07) is 10.9. The molecule has 1 aromatic carbocycles. The van der Waals surface area contributed by atoms with Crippen LogP contribution >= 0.6 is 0 Å². The first-order valence-corrected chi connectivity index (χ1v) is 7.26. The van der Waals surface area contributed by atoms with Crippen LogP contribution in [0.4, 0.5) is 5.69 Å². The Kier molecular flexibility index (Phi) is 5.23. The maximum absolute atomic E-state index is 5.58. The third kappa shape index (κ3) is 3.95. The Labute approximate surface area is 116 Å². The van der Waals surface area contributed by atoms with Gasteiger partial charge in [0.15, 0.2) is 0 Å². The highest BCUT2D eigenvalue weighted by molar-refractivity contribution is 5.42. The van der Waals surface area contributed by atoms with E-state index in [1.807, 2.05) is 13.2 Å². The van der Waals surface area contributed by atoms with Gasteiger partial charge in [-0.2, -0.15) is 0 Å². The Balaban J connectivity index is 1.81. The van der Waals surface area contributed by atoms with Gasteiger partial charge in [0.1, 0.15) is 0 Å². The van der Waals surface area contributed by atoms with Crippen LogP contribution in [0.5, 0.6) is 0 Å². The second-order valence-electron chi connectivity index (χ2n) is 5.63. The first-order valence-electron chi connectivity index (χ1n) is 7.26. The SMILES string of the molecule is COC1CN(C(C)CNc2ccccc2)CCC1C. The van der Waals surface area contributed by atoms with Crippen molar-refractivity contribution in [3.63, 3.8) is 0 Å². The fourth-order valence-corrected chi connectivity index (χ4v) is 2.72. The lowest BCUT2D eigenvalue weighted by molar-refractivity contribution is -0.0149. The molecule has 0 saturated carbocycles. The summed E-state index contributed by atoms with van der Waals surface area (Å²) in [5.74, 6) is 0.676. The molecule has 3 nitrogen and oxygen atoms in total. The number of ether oxygens (including phenoxy) is 1. The summed E-state index contributed by atoms with van der Waals surface area (Å²) in [6.45, 7) is 7.79. The Morgan fingerprint density at radius 2 is 2.11 bits per heavy atom. The lowest BCUT2D eigenvalue weighted by Gasteiger charge is -2.39. The number of hydrogen-bond donors (Lipinski definition) is 1. The first-order chi connectivity index (χ1) is 9.20. The predicted octanol–water partition coefficient (Wildman–Crippen LogP) is 2.84. The van der Waals surface area contributed by atoms with Crippen molar-refractivity contribution < 1.29 is 4.74 Å². The molecule has 1 fully saturated rings. The zero-order valence-electron chi connectivity index (χ0n) is 12.3. The fraction of sp³-hybridized carbons (Fsp3) is 0.625. The summed E-state index contributed by atoms with van der Waals surface area (Å²) < 4.78 is 5.58. The molecule has 1 saturated heterocycles. The predicted molar refractivity (Wildman–Crippen MR) is 80.5 cm³/mol. The van der Waals surface area contributed by atoms with Crippen molar-refractivity contribution in [3.8, 4) is 0 Å². The maximum Gasteiger partial charge on any atom is 0.0724 e. The van der Waals surface area contributed by atoms with Crippen molar-refractivity contribution in [3.05, 3.63) is 30.3 Å². The molecule has 0 bridgehead atoms. The Bertz CT molecular complexity index is 368. The largest absolute Gasteiger partial charge is 0.383 e. The van der Waals surface area contributed by atoms with Gasteiger partial charge in [0.2, 0.25) is 0 Å². The van der Waals surface area contributed by atoms with Gasteiger partial charge in [-0.05, 0) is 37.9 Å². The molecule has 3 atom stereocenters. The van der Waals surface area contributed by atoms with Gasteiger partial charge in [-0.3, -0.25) is 4.90 Å². The van der Waals surface area contributed by atoms with E-state index in [1.54, 1.807) is 0 Å². The van der Waals surface area contributed by atoms with E-state index < -0.39 is 0 Å². The number of hydrogen-bond acceptors (Lipinski definition) is 3. The molecule has 0 amide bonds. The standard InChI is InChI=1S/C16H26N2O/c1-13-9-10-18(12-16(13)19-3)14(2)11-17-15-7-5-4-6-8-15/h4-8,13-14,16-17H,9-12H2,1-3H3. The van der Waals surface area contributed by atoms with Gasteiger partial charge in [0.05, 0.1) is 6.10 Å². The van der Waals surface area contributed by atoms with Crippen LogP contribution < -0.4 is 5.32 Å². The first kappa shape index (κ1) is 14.4. The van der Waals surface area contributed by atoms with Gasteiger partial charge in [0, 0.05) is 31.9 Å². The van der Waals surface area contributed by atoms with Crippen molar-refractivity contribution in [2.75, 3.05) is 32.1 Å². The normalized spacial score (nSPS) is 26.1. The van der Waals surface area contributed by atoms with Crippen molar-refractivity contribution in [1.29, 1.82) is 0 Å². The average molecular weight is 262 g/mol. The lowest BCUT2D eigenvalue weighted by Crippen LogP contribution is -2.49. The average Bonchev–Trinajstić information content (AvgIpc) is 2.46. The van der Waals surface area contributed by atoms with Crippen LogP contribution in [0.1, 0.15) is 20.3 Å². The summed E-state index contributed by atoms with van der Waals surface area (Å²) in [5, 5.41) is 3.50. The number of piperidine rings is 1. The molecule has 1 heterocycles. The van der Waals surface area contributed by atoms with E-state index in [0.717, 1.165) is 13.1 Å². The number of nitrogens with zero attached hydrogens (tertiary/aromatic N) is 1. The Morgan fingerprint density at radius 1 is 1.37 bits per heavy atom. The van der Waals surface area contributed by atoms with Crippen LogP contribution in [0.15, 0.2) is 30.3 Å². The summed E-state index contributed by atoms with van der Waals surface area (Å²) in [6.07, 6.45) is 1.61. The van der Waals surface area contributed by atoms with E-state index in [2.05, 4.69) is 48.3 Å². The van der Waals surface area contributed by atoms with Crippen molar-refractivity contribution in [2.24, 2.45) is 5.92 Å². The van der Waals surface area contributed by atoms with E-state index >= 15 is 0 Å². The Morgan fingerprint density at radius 3 is 2.79 bits per heavy atom. The van der Waals surface area contributed by atoms with Gasteiger partial charge < -0.3 is 10.1 Å². The molecule has 0 spiro atoms. The highest BCUT2D eigenvalue weighted by Crippen LogP contribution is 2.21. The topological polar surface area (TPSA) is 24.5 Å². The van der Waals surface area contributed by atoms with Crippen LogP contribution in [-0.4, -0.2) is 43.8 Å². The molecule has 0 radical (unpaired) electrons. The van der Waals surface area contributed by atoms with Crippen molar-refractivity contribution in [2.45, 2.75) is 32.4 Å². The molecule has 1 aliphatic heterocycles. The Hall–Kier alpha value is -1.06. The van der Waals surface area contributed by atoms with Crippen LogP contribution in [0.25, 0.3) is 0 Å². The minimum Gasteiger partial charge on any atom is -0.383 e. The molecule has 2 rings (SSSR count). The molecule has 1 aliphatic rings. The number of likely N-dealkylation sites (tertiary alicyclic amines) is 1. The van der Waals surface area contributed by atoms with Gasteiger partial charge in [0.25, 0.3) is 0 Å². The lowest BCUT2D eigenvalue weighted by atomic mass is 9.95. The molecular formula is C16H26N2O.